The second-order valence-corrected chi connectivity index (χ2v) is 4.57. The SMILES string of the molecule is CCN(Cc1ncc(-c2ccc(OC)cc2)o1)CC(F)F. The second kappa shape index (κ2) is 7.17. The number of hydrogen-bond donors (Lipinski definition) is 0. The Hall–Kier alpha value is -1.95. The third kappa shape index (κ3) is 4.26. The van der Waals surface area contributed by atoms with E-state index in [-0.39, 0.29) is 13.1 Å². The monoisotopic (exact) mass is 296 g/mol. The molecule has 0 unspecified atom stereocenters. The van der Waals surface area contributed by atoms with Gasteiger partial charge in [-0.15, -0.1) is 0 Å². The third-order valence-corrected chi connectivity index (χ3v) is 3.13. The average molecular weight is 296 g/mol. The predicted molar refractivity (Wildman–Crippen MR) is 75.4 cm³/mol. The van der Waals surface area contributed by atoms with E-state index in [9.17, 15) is 8.78 Å². The van der Waals surface area contributed by atoms with Crippen molar-refractivity contribution in [2.45, 2.75) is 19.9 Å². The largest absolute Gasteiger partial charge is 0.497 e. The molecule has 4 nitrogen and oxygen atoms in total. The summed E-state index contributed by atoms with van der Waals surface area (Å²) in [4.78, 5) is 5.74. The Bertz CT molecular complexity index is 555. The molecule has 0 aliphatic carbocycles. The second-order valence-electron chi connectivity index (χ2n) is 4.57. The summed E-state index contributed by atoms with van der Waals surface area (Å²) in [6, 6.07) is 7.37. The molecule has 21 heavy (non-hydrogen) atoms. The van der Waals surface area contributed by atoms with E-state index in [4.69, 9.17) is 9.15 Å². The molecule has 0 saturated carbocycles. The van der Waals surface area contributed by atoms with E-state index in [1.807, 2.05) is 31.2 Å². The number of aromatic nitrogens is 1. The molecule has 0 bridgehead atoms. The van der Waals surface area contributed by atoms with Crippen LogP contribution in [0.3, 0.4) is 0 Å². The fraction of sp³-hybridized carbons (Fsp3) is 0.400. The minimum Gasteiger partial charge on any atom is -0.497 e. The summed E-state index contributed by atoms with van der Waals surface area (Å²) in [5.41, 5.74) is 0.867. The van der Waals surface area contributed by atoms with Gasteiger partial charge in [0.05, 0.1) is 26.4 Å². The van der Waals surface area contributed by atoms with E-state index in [0.717, 1.165) is 11.3 Å². The fourth-order valence-corrected chi connectivity index (χ4v) is 1.96. The standard InChI is InChI=1S/C15H18F2N2O2/c1-3-19(9-14(16)17)10-15-18-8-13(21-15)11-4-6-12(20-2)7-5-11/h4-8,14H,3,9-10H2,1-2H3. The van der Waals surface area contributed by atoms with Crippen molar-refractivity contribution in [3.8, 4) is 17.1 Å². The van der Waals surface area contributed by atoms with Crippen molar-refractivity contribution in [2.24, 2.45) is 0 Å². The zero-order valence-electron chi connectivity index (χ0n) is 12.1. The Morgan fingerprint density at radius 1 is 1.29 bits per heavy atom. The van der Waals surface area contributed by atoms with Crippen LogP contribution < -0.4 is 4.74 Å². The van der Waals surface area contributed by atoms with E-state index in [0.29, 0.717) is 18.2 Å². The summed E-state index contributed by atoms with van der Waals surface area (Å²) in [6.07, 6.45) is -0.756. The van der Waals surface area contributed by atoms with E-state index < -0.39 is 6.43 Å². The number of hydrogen-bond acceptors (Lipinski definition) is 4. The molecule has 114 valence electrons. The molecule has 2 aromatic rings. The highest BCUT2D eigenvalue weighted by molar-refractivity contribution is 5.57. The van der Waals surface area contributed by atoms with Gasteiger partial charge in [0, 0.05) is 5.56 Å². The van der Waals surface area contributed by atoms with E-state index in [1.165, 1.54) is 0 Å². The van der Waals surface area contributed by atoms with Crippen LogP contribution in [0.25, 0.3) is 11.3 Å². The minimum atomic E-state index is -2.36. The van der Waals surface area contributed by atoms with Crippen LogP contribution in [0.15, 0.2) is 34.9 Å². The van der Waals surface area contributed by atoms with Gasteiger partial charge in [-0.05, 0) is 30.8 Å². The first-order valence-electron chi connectivity index (χ1n) is 6.72. The van der Waals surface area contributed by atoms with Gasteiger partial charge in [0.2, 0.25) is 5.89 Å². The summed E-state index contributed by atoms with van der Waals surface area (Å²) < 4.78 is 35.5. The van der Waals surface area contributed by atoms with Gasteiger partial charge in [0.1, 0.15) is 5.75 Å². The number of nitrogens with zero attached hydrogens (tertiary/aromatic N) is 2. The zero-order valence-corrected chi connectivity index (χ0v) is 12.1. The first kappa shape index (κ1) is 15.4. The van der Waals surface area contributed by atoms with Crippen molar-refractivity contribution < 1.29 is 17.9 Å². The molecule has 0 atom stereocenters. The maximum Gasteiger partial charge on any atom is 0.251 e. The number of alkyl halides is 2. The van der Waals surface area contributed by atoms with Gasteiger partial charge in [-0.2, -0.15) is 0 Å². The molecule has 1 aromatic carbocycles. The molecule has 0 aliphatic heterocycles. The highest BCUT2D eigenvalue weighted by Gasteiger charge is 2.14. The molecular weight excluding hydrogens is 278 g/mol. The molecule has 0 N–H and O–H groups in total. The van der Waals surface area contributed by atoms with Crippen LogP contribution in [0.1, 0.15) is 12.8 Å². The van der Waals surface area contributed by atoms with Gasteiger partial charge in [-0.3, -0.25) is 4.90 Å². The molecule has 0 spiro atoms. The fourth-order valence-electron chi connectivity index (χ4n) is 1.96. The molecule has 2 rings (SSSR count). The Balaban J connectivity index is 2.06. The number of ether oxygens (including phenoxy) is 1. The van der Waals surface area contributed by atoms with Gasteiger partial charge in [-0.25, -0.2) is 13.8 Å². The summed E-state index contributed by atoms with van der Waals surface area (Å²) in [5, 5.41) is 0. The van der Waals surface area contributed by atoms with Gasteiger partial charge < -0.3 is 9.15 Å². The summed E-state index contributed by atoms with van der Waals surface area (Å²) in [6.45, 7) is 2.34. The topological polar surface area (TPSA) is 38.5 Å². The molecule has 0 radical (unpaired) electrons. The molecule has 0 amide bonds. The Morgan fingerprint density at radius 3 is 2.57 bits per heavy atom. The first-order chi connectivity index (χ1) is 10.1. The predicted octanol–water partition coefficient (Wildman–Crippen LogP) is 3.44. The molecule has 1 heterocycles. The lowest BCUT2D eigenvalue weighted by molar-refractivity contribution is 0.0834. The summed E-state index contributed by atoms with van der Waals surface area (Å²) >= 11 is 0. The molecule has 0 fully saturated rings. The van der Waals surface area contributed by atoms with Crippen molar-refractivity contribution in [1.29, 1.82) is 0 Å². The normalized spacial score (nSPS) is 11.3. The Labute approximate surface area is 122 Å². The maximum atomic E-state index is 12.4. The Morgan fingerprint density at radius 2 is 2.00 bits per heavy atom. The van der Waals surface area contributed by atoms with E-state index in [1.54, 1.807) is 18.2 Å². The molecule has 1 aromatic heterocycles. The lowest BCUT2D eigenvalue weighted by Gasteiger charge is -2.17. The van der Waals surface area contributed by atoms with Crippen LogP contribution in [0.2, 0.25) is 0 Å². The molecule has 6 heteroatoms. The van der Waals surface area contributed by atoms with Crippen molar-refractivity contribution in [2.75, 3.05) is 20.2 Å². The van der Waals surface area contributed by atoms with Crippen molar-refractivity contribution in [1.82, 2.24) is 9.88 Å². The van der Waals surface area contributed by atoms with Gasteiger partial charge in [0.25, 0.3) is 6.43 Å². The van der Waals surface area contributed by atoms with Gasteiger partial charge in [0.15, 0.2) is 5.76 Å². The summed E-state index contributed by atoms with van der Waals surface area (Å²) in [7, 11) is 1.60. The third-order valence-electron chi connectivity index (χ3n) is 3.13. The minimum absolute atomic E-state index is 0.275. The quantitative estimate of drug-likeness (QED) is 0.784. The number of rotatable bonds is 7. The maximum absolute atomic E-state index is 12.4. The van der Waals surface area contributed by atoms with Gasteiger partial charge >= 0.3 is 0 Å². The number of methoxy groups -OCH3 is 1. The first-order valence-corrected chi connectivity index (χ1v) is 6.72. The van der Waals surface area contributed by atoms with Crippen molar-refractivity contribution >= 4 is 0 Å². The van der Waals surface area contributed by atoms with Crippen LogP contribution >= 0.6 is 0 Å². The number of oxazole rings is 1. The lowest BCUT2D eigenvalue weighted by Crippen LogP contribution is -2.28. The zero-order chi connectivity index (χ0) is 15.2. The van der Waals surface area contributed by atoms with Crippen LogP contribution in [-0.2, 0) is 6.54 Å². The van der Waals surface area contributed by atoms with E-state index in [2.05, 4.69) is 4.98 Å². The highest BCUT2D eigenvalue weighted by atomic mass is 19.3. The van der Waals surface area contributed by atoms with Crippen LogP contribution in [0, 0.1) is 0 Å². The van der Waals surface area contributed by atoms with Crippen LogP contribution in [0.5, 0.6) is 5.75 Å². The lowest BCUT2D eigenvalue weighted by atomic mass is 10.2. The van der Waals surface area contributed by atoms with Crippen molar-refractivity contribution in [3.63, 3.8) is 0 Å². The molecule has 0 aliphatic rings. The Kier molecular flexibility index (Phi) is 5.27. The molecular formula is C15H18F2N2O2. The summed E-state index contributed by atoms with van der Waals surface area (Å²) in [5.74, 6) is 1.80. The van der Waals surface area contributed by atoms with Crippen LogP contribution in [-0.4, -0.2) is 36.5 Å². The number of halogens is 2. The van der Waals surface area contributed by atoms with Crippen LogP contribution in [0.4, 0.5) is 8.78 Å². The van der Waals surface area contributed by atoms with Crippen molar-refractivity contribution in [3.05, 3.63) is 36.4 Å². The molecule has 0 saturated heterocycles. The highest BCUT2D eigenvalue weighted by Crippen LogP contribution is 2.23. The number of benzene rings is 1. The van der Waals surface area contributed by atoms with Gasteiger partial charge in [-0.1, -0.05) is 6.92 Å². The smallest absolute Gasteiger partial charge is 0.251 e. The van der Waals surface area contributed by atoms with E-state index >= 15 is 0 Å². The average Bonchev–Trinajstić information content (AvgIpc) is 2.94.